The van der Waals surface area contributed by atoms with Crippen molar-refractivity contribution in [3.05, 3.63) is 53.2 Å². The second kappa shape index (κ2) is 4.65. The molecule has 0 atom stereocenters. The Kier molecular flexibility index (Phi) is 3.04. The van der Waals surface area contributed by atoms with Crippen LogP contribution in [0.25, 0.3) is 0 Å². The van der Waals surface area contributed by atoms with E-state index in [1.54, 1.807) is 24.3 Å². The van der Waals surface area contributed by atoms with Crippen molar-refractivity contribution in [3.63, 3.8) is 0 Å². The number of nitrogens with zero attached hydrogens (tertiary/aromatic N) is 2. The summed E-state index contributed by atoms with van der Waals surface area (Å²) in [6.07, 6.45) is 1.52. The van der Waals surface area contributed by atoms with Gasteiger partial charge in [0.05, 0.1) is 16.7 Å². The number of hydrogen-bond acceptors (Lipinski definition) is 3. The van der Waals surface area contributed by atoms with E-state index in [4.69, 9.17) is 21.6 Å². The number of pyridine rings is 1. The molecule has 0 unspecified atom stereocenters. The minimum atomic E-state index is 0.354. The van der Waals surface area contributed by atoms with Crippen LogP contribution in [0.4, 0.5) is 0 Å². The van der Waals surface area contributed by atoms with Crippen molar-refractivity contribution in [2.24, 2.45) is 0 Å². The fourth-order valence-electron chi connectivity index (χ4n) is 1.17. The van der Waals surface area contributed by atoms with Crippen LogP contribution in [-0.4, -0.2) is 4.98 Å². The highest BCUT2D eigenvalue weighted by atomic mass is 35.5. The van der Waals surface area contributed by atoms with Crippen LogP contribution in [0, 0.1) is 11.3 Å². The lowest BCUT2D eigenvalue weighted by Crippen LogP contribution is -1.88. The summed E-state index contributed by atoms with van der Waals surface area (Å²) in [7, 11) is 0. The van der Waals surface area contributed by atoms with Crippen LogP contribution >= 0.6 is 11.6 Å². The third-order valence-corrected chi connectivity index (χ3v) is 2.23. The minimum absolute atomic E-state index is 0.354. The van der Waals surface area contributed by atoms with E-state index in [1.807, 2.05) is 18.2 Å². The molecule has 78 valence electrons. The van der Waals surface area contributed by atoms with Gasteiger partial charge < -0.3 is 4.74 Å². The van der Waals surface area contributed by atoms with Gasteiger partial charge in [-0.15, -0.1) is 0 Å². The van der Waals surface area contributed by atoms with Gasteiger partial charge in [0.2, 0.25) is 5.88 Å². The first-order valence-corrected chi connectivity index (χ1v) is 4.96. The summed E-state index contributed by atoms with van der Waals surface area (Å²) in [4.78, 5) is 3.99. The van der Waals surface area contributed by atoms with Gasteiger partial charge in [0.25, 0.3) is 0 Å². The molecule has 1 aromatic carbocycles. The van der Waals surface area contributed by atoms with Crippen molar-refractivity contribution in [2.45, 2.75) is 0 Å². The molecule has 2 rings (SSSR count). The Morgan fingerprint density at radius 1 is 1.25 bits per heavy atom. The Morgan fingerprint density at radius 2 is 2.06 bits per heavy atom. The SMILES string of the molecule is N#Cc1ccnc(Oc2ccccc2Cl)c1. The first-order valence-electron chi connectivity index (χ1n) is 4.58. The Bertz CT molecular complexity index is 549. The molecule has 1 heterocycles. The van der Waals surface area contributed by atoms with Crippen LogP contribution in [0.5, 0.6) is 11.6 Å². The van der Waals surface area contributed by atoms with Crippen LogP contribution in [0.1, 0.15) is 5.56 Å². The molecule has 0 radical (unpaired) electrons. The van der Waals surface area contributed by atoms with Gasteiger partial charge in [0.1, 0.15) is 5.75 Å². The Balaban J connectivity index is 2.28. The normalized spacial score (nSPS) is 9.50. The van der Waals surface area contributed by atoms with Crippen LogP contribution in [0.2, 0.25) is 5.02 Å². The molecule has 3 nitrogen and oxygen atoms in total. The predicted molar refractivity (Wildman–Crippen MR) is 60.5 cm³/mol. The number of nitriles is 1. The predicted octanol–water partition coefficient (Wildman–Crippen LogP) is 3.40. The van der Waals surface area contributed by atoms with Crippen LogP contribution in [0.15, 0.2) is 42.6 Å². The molecule has 0 fully saturated rings. The number of benzene rings is 1. The van der Waals surface area contributed by atoms with E-state index < -0.39 is 0 Å². The average molecular weight is 231 g/mol. The first-order chi connectivity index (χ1) is 7.79. The summed E-state index contributed by atoms with van der Waals surface area (Å²) in [5.41, 5.74) is 0.497. The number of hydrogen-bond donors (Lipinski definition) is 0. The van der Waals surface area contributed by atoms with Gasteiger partial charge in [0, 0.05) is 12.3 Å². The highest BCUT2D eigenvalue weighted by Crippen LogP contribution is 2.27. The molecule has 0 N–H and O–H groups in total. The monoisotopic (exact) mass is 230 g/mol. The number of aromatic nitrogens is 1. The van der Waals surface area contributed by atoms with E-state index in [1.165, 1.54) is 6.20 Å². The number of para-hydroxylation sites is 1. The maximum atomic E-state index is 8.72. The summed E-state index contributed by atoms with van der Waals surface area (Å²) >= 11 is 5.93. The van der Waals surface area contributed by atoms with Crippen LogP contribution in [-0.2, 0) is 0 Å². The molecule has 0 aliphatic carbocycles. The highest BCUT2D eigenvalue weighted by Gasteiger charge is 2.03. The molecule has 0 saturated heterocycles. The van der Waals surface area contributed by atoms with E-state index in [9.17, 15) is 0 Å². The molecular weight excluding hydrogens is 224 g/mol. The van der Waals surface area contributed by atoms with E-state index in [2.05, 4.69) is 4.98 Å². The van der Waals surface area contributed by atoms with Gasteiger partial charge in [0.15, 0.2) is 0 Å². The lowest BCUT2D eigenvalue weighted by Gasteiger charge is -2.05. The maximum absolute atomic E-state index is 8.72. The fraction of sp³-hybridized carbons (Fsp3) is 0. The van der Waals surface area contributed by atoms with Crippen LogP contribution < -0.4 is 4.74 Å². The zero-order valence-electron chi connectivity index (χ0n) is 8.22. The van der Waals surface area contributed by atoms with Crippen molar-refractivity contribution in [1.82, 2.24) is 4.98 Å². The molecule has 0 saturated carbocycles. The molecule has 16 heavy (non-hydrogen) atoms. The Labute approximate surface area is 97.9 Å². The number of rotatable bonds is 2. The molecule has 0 aliphatic rings. The van der Waals surface area contributed by atoms with E-state index >= 15 is 0 Å². The third-order valence-electron chi connectivity index (χ3n) is 1.92. The van der Waals surface area contributed by atoms with Crippen molar-refractivity contribution in [3.8, 4) is 17.7 Å². The van der Waals surface area contributed by atoms with Gasteiger partial charge in [-0.1, -0.05) is 23.7 Å². The molecule has 0 spiro atoms. The lowest BCUT2D eigenvalue weighted by molar-refractivity contribution is 0.463. The van der Waals surface area contributed by atoms with Gasteiger partial charge in [-0.25, -0.2) is 4.98 Å². The molecular formula is C12H7ClN2O. The van der Waals surface area contributed by atoms with Crippen LogP contribution in [0.3, 0.4) is 0 Å². The van der Waals surface area contributed by atoms with Gasteiger partial charge in [-0.05, 0) is 18.2 Å². The Morgan fingerprint density at radius 3 is 2.81 bits per heavy atom. The molecule has 0 aliphatic heterocycles. The molecule has 0 amide bonds. The quantitative estimate of drug-likeness (QED) is 0.794. The van der Waals surface area contributed by atoms with Gasteiger partial charge >= 0.3 is 0 Å². The summed E-state index contributed by atoms with van der Waals surface area (Å²) in [6, 6.07) is 12.3. The highest BCUT2D eigenvalue weighted by molar-refractivity contribution is 6.32. The number of ether oxygens (including phenoxy) is 1. The van der Waals surface area contributed by atoms with Gasteiger partial charge in [-0.2, -0.15) is 5.26 Å². The molecule has 0 bridgehead atoms. The van der Waals surface area contributed by atoms with Gasteiger partial charge in [-0.3, -0.25) is 0 Å². The average Bonchev–Trinajstić information content (AvgIpc) is 2.32. The zero-order valence-corrected chi connectivity index (χ0v) is 8.98. The van der Waals surface area contributed by atoms with E-state index in [0.717, 1.165) is 0 Å². The summed E-state index contributed by atoms with van der Waals surface area (Å²) in [6.45, 7) is 0. The van der Waals surface area contributed by atoms with E-state index in [-0.39, 0.29) is 0 Å². The smallest absolute Gasteiger partial charge is 0.220 e. The first kappa shape index (κ1) is 10.5. The summed E-state index contributed by atoms with van der Waals surface area (Å²) < 4.78 is 5.46. The lowest BCUT2D eigenvalue weighted by atomic mass is 10.3. The van der Waals surface area contributed by atoms with Crippen molar-refractivity contribution >= 4 is 11.6 Å². The zero-order chi connectivity index (χ0) is 11.4. The fourth-order valence-corrected chi connectivity index (χ4v) is 1.35. The second-order valence-corrected chi connectivity index (χ2v) is 3.43. The minimum Gasteiger partial charge on any atom is -0.437 e. The largest absolute Gasteiger partial charge is 0.437 e. The molecule has 1 aromatic heterocycles. The van der Waals surface area contributed by atoms with Crippen molar-refractivity contribution in [1.29, 1.82) is 5.26 Å². The Hall–Kier alpha value is -2.05. The molecule has 4 heteroatoms. The topological polar surface area (TPSA) is 45.9 Å². The van der Waals surface area contributed by atoms with E-state index in [0.29, 0.717) is 22.2 Å². The van der Waals surface area contributed by atoms with Crippen molar-refractivity contribution < 1.29 is 4.74 Å². The standard InChI is InChI=1S/C12H7ClN2O/c13-10-3-1-2-4-11(10)16-12-7-9(8-14)5-6-15-12/h1-7H. The second-order valence-electron chi connectivity index (χ2n) is 3.03. The third kappa shape index (κ3) is 2.30. The number of halogens is 1. The van der Waals surface area contributed by atoms with Crippen molar-refractivity contribution in [2.75, 3.05) is 0 Å². The summed E-state index contributed by atoms with van der Waals surface area (Å²) in [5, 5.41) is 9.23. The summed E-state index contributed by atoms with van der Waals surface area (Å²) in [5.74, 6) is 0.874. The maximum Gasteiger partial charge on any atom is 0.220 e. The molecule has 2 aromatic rings.